The summed E-state index contributed by atoms with van der Waals surface area (Å²) in [6.07, 6.45) is 0. The molecule has 0 unspecified atom stereocenters. The zero-order valence-electron chi connectivity index (χ0n) is 21.8. The molecule has 5 aromatic carbocycles. The van der Waals surface area contributed by atoms with Gasteiger partial charge in [-0.3, -0.25) is 0 Å². The predicted octanol–water partition coefficient (Wildman–Crippen LogP) is 7.07. The monoisotopic (exact) mass is 581 g/mol. The molecule has 0 bridgehead atoms. The van der Waals surface area contributed by atoms with Gasteiger partial charge in [-0.05, 0) is 42.5 Å². The molecule has 0 saturated carbocycles. The number of benzene rings is 5. The number of nitrogens with zero attached hydrogens (tertiary/aromatic N) is 3. The summed E-state index contributed by atoms with van der Waals surface area (Å²) in [6.45, 7) is 0. The van der Waals surface area contributed by atoms with Crippen molar-refractivity contribution >= 4 is 23.1 Å². The van der Waals surface area contributed by atoms with Crippen molar-refractivity contribution in [1.82, 2.24) is 15.0 Å². The molecule has 0 saturated heterocycles. The largest absolute Gasteiger partial charge is 0.309 e. The number of hydrogen-bond acceptors (Lipinski definition) is 4. The number of hydrogen-bond donors (Lipinski definition) is 0. The Morgan fingerprint density at radius 3 is 1.24 bits per heavy atom. The van der Waals surface area contributed by atoms with Gasteiger partial charge >= 0.3 is 0 Å². The van der Waals surface area contributed by atoms with Gasteiger partial charge in [0.1, 0.15) is 0 Å². The number of aromatic nitrogens is 3. The summed E-state index contributed by atoms with van der Waals surface area (Å²) < 4.78 is 70.6. The van der Waals surface area contributed by atoms with Crippen LogP contribution in [-0.4, -0.2) is 15.0 Å². The van der Waals surface area contributed by atoms with Crippen LogP contribution < -0.4 is 15.9 Å². The van der Waals surface area contributed by atoms with E-state index >= 15 is 0 Å². The van der Waals surface area contributed by atoms with Crippen LogP contribution in [0.15, 0.2) is 121 Å². The van der Waals surface area contributed by atoms with Crippen LogP contribution in [0.5, 0.6) is 0 Å². The minimum atomic E-state index is -3.34. The maximum Gasteiger partial charge on any atom is 0.171 e. The Hall–Kier alpha value is -4.94. The Kier molecular flexibility index (Phi) is 7.23. The first-order valence-electron chi connectivity index (χ1n) is 12.8. The zero-order valence-corrected chi connectivity index (χ0v) is 22.7. The smallest absolute Gasteiger partial charge is 0.171 e. The number of halogens is 4. The second-order valence-electron chi connectivity index (χ2n) is 9.39. The third-order valence-electron chi connectivity index (χ3n) is 6.70. The molecule has 0 fully saturated rings. The van der Waals surface area contributed by atoms with Gasteiger partial charge in [0, 0.05) is 32.6 Å². The highest BCUT2D eigenvalue weighted by Crippen LogP contribution is 2.43. The van der Waals surface area contributed by atoms with Crippen LogP contribution >= 0.6 is 7.14 Å². The fraction of sp³-hybridized carbons (Fsp3) is 0. The highest BCUT2D eigenvalue weighted by Gasteiger charge is 2.30. The molecular weight excluding hydrogens is 561 g/mol. The molecule has 6 rings (SSSR count). The Balaban J connectivity index is 1.55. The van der Waals surface area contributed by atoms with Crippen LogP contribution in [0, 0.1) is 23.3 Å². The standard InChI is InChI=1S/C33H20F4N3OP/c34-27-16-14-22(19-29(27)36)32-38-31(39-33(40-32)23-15-17-28(35)30(37)20-23)21-8-7-13-26(18-21)42(41,24-9-3-1-4-10-24)25-11-5-2-6-12-25/h1-20H. The molecule has 42 heavy (non-hydrogen) atoms. The van der Waals surface area contributed by atoms with Gasteiger partial charge < -0.3 is 4.57 Å². The first-order valence-corrected chi connectivity index (χ1v) is 14.5. The lowest BCUT2D eigenvalue weighted by atomic mass is 10.1. The summed E-state index contributed by atoms with van der Waals surface area (Å²) in [5, 5.41) is 1.78. The van der Waals surface area contributed by atoms with Crippen molar-refractivity contribution in [2.75, 3.05) is 0 Å². The normalized spacial score (nSPS) is 11.4. The highest BCUT2D eigenvalue weighted by molar-refractivity contribution is 7.85. The summed E-state index contributed by atoms with van der Waals surface area (Å²) >= 11 is 0. The Morgan fingerprint density at radius 2 is 0.810 bits per heavy atom. The van der Waals surface area contributed by atoms with Gasteiger partial charge in [-0.15, -0.1) is 0 Å². The quantitative estimate of drug-likeness (QED) is 0.156. The molecule has 0 spiro atoms. The third kappa shape index (κ3) is 5.13. The van der Waals surface area contributed by atoms with E-state index in [9.17, 15) is 22.1 Å². The molecule has 9 heteroatoms. The van der Waals surface area contributed by atoms with Crippen LogP contribution in [-0.2, 0) is 4.57 Å². The average Bonchev–Trinajstić information content (AvgIpc) is 3.04. The van der Waals surface area contributed by atoms with Crippen molar-refractivity contribution < 1.29 is 22.1 Å². The molecule has 6 aromatic rings. The minimum Gasteiger partial charge on any atom is -0.309 e. The second kappa shape index (κ2) is 11.1. The number of rotatable bonds is 6. The van der Waals surface area contributed by atoms with Crippen LogP contribution in [0.25, 0.3) is 34.2 Å². The van der Waals surface area contributed by atoms with E-state index in [1.807, 2.05) is 60.7 Å². The van der Waals surface area contributed by atoms with Gasteiger partial charge in [0.25, 0.3) is 0 Å². The molecule has 0 aliphatic heterocycles. The van der Waals surface area contributed by atoms with Crippen LogP contribution in [0.4, 0.5) is 17.6 Å². The zero-order chi connectivity index (χ0) is 29.3. The fourth-order valence-electron chi connectivity index (χ4n) is 4.60. The van der Waals surface area contributed by atoms with E-state index < -0.39 is 30.4 Å². The SMILES string of the molecule is O=P(c1ccccc1)(c1ccccc1)c1cccc(-c2nc(-c3ccc(F)c(F)c3)nc(-c3ccc(F)c(F)c3)n2)c1. The van der Waals surface area contributed by atoms with Crippen molar-refractivity contribution in [1.29, 1.82) is 0 Å². The van der Waals surface area contributed by atoms with Gasteiger partial charge in [-0.1, -0.05) is 78.9 Å². The van der Waals surface area contributed by atoms with Crippen LogP contribution in [0.2, 0.25) is 0 Å². The van der Waals surface area contributed by atoms with Gasteiger partial charge in [0.05, 0.1) is 0 Å². The highest BCUT2D eigenvalue weighted by atomic mass is 31.2. The van der Waals surface area contributed by atoms with E-state index in [-0.39, 0.29) is 28.6 Å². The Labute approximate surface area is 238 Å². The predicted molar refractivity (Wildman–Crippen MR) is 155 cm³/mol. The minimum absolute atomic E-state index is 0.0154. The summed E-state index contributed by atoms with van der Waals surface area (Å²) in [6, 6.07) is 31.5. The molecule has 0 aliphatic rings. The lowest BCUT2D eigenvalue weighted by molar-refractivity contribution is 0.509. The lowest BCUT2D eigenvalue weighted by Crippen LogP contribution is -2.25. The fourth-order valence-corrected chi connectivity index (χ4v) is 7.29. The molecule has 0 atom stereocenters. The van der Waals surface area contributed by atoms with Crippen molar-refractivity contribution in [3.63, 3.8) is 0 Å². The van der Waals surface area contributed by atoms with E-state index in [2.05, 4.69) is 15.0 Å². The van der Waals surface area contributed by atoms with Crippen LogP contribution in [0.1, 0.15) is 0 Å². The molecule has 1 heterocycles. The molecule has 0 aliphatic carbocycles. The van der Waals surface area contributed by atoms with Crippen molar-refractivity contribution in [3.05, 3.63) is 145 Å². The van der Waals surface area contributed by atoms with Crippen molar-refractivity contribution in [3.8, 4) is 34.2 Å². The van der Waals surface area contributed by atoms with Gasteiger partial charge in [0.2, 0.25) is 0 Å². The second-order valence-corrected chi connectivity index (χ2v) is 12.2. The summed E-state index contributed by atoms with van der Waals surface area (Å²) in [7, 11) is -3.34. The first-order chi connectivity index (χ1) is 20.3. The first kappa shape index (κ1) is 27.2. The lowest BCUT2D eigenvalue weighted by Gasteiger charge is -2.20. The van der Waals surface area contributed by atoms with Gasteiger partial charge in [-0.2, -0.15) is 0 Å². The molecule has 0 amide bonds. The third-order valence-corrected chi connectivity index (χ3v) is 9.75. The van der Waals surface area contributed by atoms with E-state index in [0.717, 1.165) is 24.3 Å². The maximum absolute atomic E-state index is 14.9. The topological polar surface area (TPSA) is 55.7 Å². The maximum atomic E-state index is 14.9. The Bertz CT molecular complexity index is 1860. The van der Waals surface area contributed by atoms with Crippen LogP contribution in [0.3, 0.4) is 0 Å². The van der Waals surface area contributed by atoms with Crippen molar-refractivity contribution in [2.45, 2.75) is 0 Å². The molecule has 4 nitrogen and oxygen atoms in total. The Morgan fingerprint density at radius 1 is 0.405 bits per heavy atom. The molecule has 0 radical (unpaired) electrons. The van der Waals surface area contributed by atoms with E-state index in [1.54, 1.807) is 24.3 Å². The van der Waals surface area contributed by atoms with Crippen molar-refractivity contribution in [2.24, 2.45) is 0 Å². The summed E-state index contributed by atoms with van der Waals surface area (Å²) in [5.74, 6) is -4.20. The van der Waals surface area contributed by atoms with Gasteiger partial charge in [0.15, 0.2) is 47.9 Å². The van der Waals surface area contributed by atoms with E-state index in [4.69, 9.17) is 0 Å². The summed E-state index contributed by atoms with van der Waals surface area (Å²) in [5.41, 5.74) is 0.753. The summed E-state index contributed by atoms with van der Waals surface area (Å²) in [4.78, 5) is 13.4. The van der Waals surface area contributed by atoms with E-state index in [0.29, 0.717) is 21.5 Å². The van der Waals surface area contributed by atoms with E-state index in [1.165, 1.54) is 12.1 Å². The molecule has 1 aromatic heterocycles. The molecule has 206 valence electrons. The van der Waals surface area contributed by atoms with Gasteiger partial charge in [-0.25, -0.2) is 32.5 Å². The average molecular weight is 582 g/mol. The molecule has 0 N–H and O–H groups in total. The molecular formula is C33H20F4N3OP.